The Balaban J connectivity index is 1.83. The fraction of sp³-hybridized carbons (Fsp3) is 0.111. The Bertz CT molecular complexity index is 983. The van der Waals surface area contributed by atoms with Crippen molar-refractivity contribution in [3.63, 3.8) is 0 Å². The topological polar surface area (TPSA) is 50.5 Å². The van der Waals surface area contributed by atoms with Crippen LogP contribution in [0.25, 0.3) is 11.0 Å². The van der Waals surface area contributed by atoms with Gasteiger partial charge in [-0.05, 0) is 36.4 Å². The number of para-hydroxylation sites is 1. The van der Waals surface area contributed by atoms with Crippen molar-refractivity contribution in [1.29, 1.82) is 0 Å². The molecule has 2 aromatic carbocycles. The lowest BCUT2D eigenvalue weighted by Gasteiger charge is -2.23. The van der Waals surface area contributed by atoms with Crippen LogP contribution in [0.4, 0.5) is 10.1 Å². The largest absolute Gasteiger partial charge is 0.464 e. The van der Waals surface area contributed by atoms with Crippen LogP contribution in [0.3, 0.4) is 0 Å². The number of nitrogens with zero attached hydrogens (tertiary/aromatic N) is 1. The molecule has 1 fully saturated rings. The molecule has 0 radical (unpaired) electrons. The SMILES string of the molecule is O=C1CSC(c2coc3ccccc3c2=O)N1c1ccc(F)cc1. The van der Waals surface area contributed by atoms with Gasteiger partial charge >= 0.3 is 0 Å². The van der Waals surface area contributed by atoms with Crippen LogP contribution >= 0.6 is 11.8 Å². The van der Waals surface area contributed by atoms with Crippen molar-refractivity contribution >= 4 is 34.3 Å². The number of rotatable bonds is 2. The van der Waals surface area contributed by atoms with E-state index in [1.54, 1.807) is 24.3 Å². The molecule has 1 amide bonds. The molecule has 1 atom stereocenters. The van der Waals surface area contributed by atoms with E-state index in [9.17, 15) is 14.0 Å². The summed E-state index contributed by atoms with van der Waals surface area (Å²) in [6.07, 6.45) is 1.41. The molecule has 3 aromatic rings. The van der Waals surface area contributed by atoms with Gasteiger partial charge in [0.1, 0.15) is 23.0 Å². The first-order chi connectivity index (χ1) is 11.6. The van der Waals surface area contributed by atoms with E-state index in [0.29, 0.717) is 22.2 Å². The van der Waals surface area contributed by atoms with Crippen LogP contribution in [-0.4, -0.2) is 11.7 Å². The third-order valence-corrected chi connectivity index (χ3v) is 5.14. The number of hydrogen-bond donors (Lipinski definition) is 0. The summed E-state index contributed by atoms with van der Waals surface area (Å²) in [6.45, 7) is 0. The molecule has 120 valence electrons. The highest BCUT2D eigenvalue weighted by Crippen LogP contribution is 2.40. The maximum absolute atomic E-state index is 13.2. The highest BCUT2D eigenvalue weighted by molar-refractivity contribution is 8.00. The number of hydrogen-bond acceptors (Lipinski definition) is 4. The van der Waals surface area contributed by atoms with Crippen molar-refractivity contribution < 1.29 is 13.6 Å². The molecule has 2 heterocycles. The number of anilines is 1. The van der Waals surface area contributed by atoms with Crippen LogP contribution in [0, 0.1) is 5.82 Å². The highest BCUT2D eigenvalue weighted by Gasteiger charge is 2.36. The quantitative estimate of drug-likeness (QED) is 0.713. The van der Waals surface area contributed by atoms with Crippen molar-refractivity contribution in [1.82, 2.24) is 0 Å². The van der Waals surface area contributed by atoms with Crippen LogP contribution < -0.4 is 10.3 Å². The smallest absolute Gasteiger partial charge is 0.238 e. The van der Waals surface area contributed by atoms with Gasteiger partial charge in [-0.2, -0.15) is 0 Å². The first kappa shape index (κ1) is 15.0. The zero-order valence-corrected chi connectivity index (χ0v) is 13.3. The average molecular weight is 341 g/mol. The third kappa shape index (κ3) is 2.39. The van der Waals surface area contributed by atoms with E-state index in [2.05, 4.69) is 0 Å². The average Bonchev–Trinajstić information content (AvgIpc) is 2.98. The standard InChI is InChI=1S/C18H12FNO3S/c19-11-5-7-12(8-6-11)20-16(21)10-24-18(20)14-9-23-15-4-2-1-3-13(15)17(14)22/h1-9,18H,10H2. The molecule has 0 saturated carbocycles. The molecular weight excluding hydrogens is 329 g/mol. The number of carbonyl (C=O) groups excluding carboxylic acids is 1. The van der Waals surface area contributed by atoms with Gasteiger partial charge in [-0.25, -0.2) is 4.39 Å². The Morgan fingerprint density at radius 2 is 1.83 bits per heavy atom. The molecule has 6 heteroatoms. The molecule has 0 N–H and O–H groups in total. The summed E-state index contributed by atoms with van der Waals surface area (Å²) < 4.78 is 18.7. The first-order valence-electron chi connectivity index (χ1n) is 7.35. The van der Waals surface area contributed by atoms with Crippen molar-refractivity contribution in [3.05, 3.63) is 76.4 Å². The maximum atomic E-state index is 13.2. The van der Waals surface area contributed by atoms with E-state index in [-0.39, 0.29) is 22.9 Å². The molecule has 0 aliphatic carbocycles. The third-order valence-electron chi connectivity index (χ3n) is 3.95. The number of thioether (sulfide) groups is 1. The fourth-order valence-corrected chi connectivity index (χ4v) is 3.97. The van der Waals surface area contributed by atoms with E-state index in [1.165, 1.54) is 47.2 Å². The Kier molecular flexibility index (Phi) is 3.61. The summed E-state index contributed by atoms with van der Waals surface area (Å²) >= 11 is 1.36. The summed E-state index contributed by atoms with van der Waals surface area (Å²) in [4.78, 5) is 26.6. The number of amides is 1. The molecule has 4 nitrogen and oxygen atoms in total. The molecule has 0 spiro atoms. The van der Waals surface area contributed by atoms with Gasteiger partial charge in [0.25, 0.3) is 0 Å². The number of carbonyl (C=O) groups is 1. The number of fused-ring (bicyclic) bond motifs is 1. The summed E-state index contributed by atoms with van der Waals surface area (Å²) in [6, 6.07) is 12.7. The Morgan fingerprint density at radius 1 is 1.08 bits per heavy atom. The number of halogens is 1. The Hall–Kier alpha value is -2.60. The second kappa shape index (κ2) is 5.79. The van der Waals surface area contributed by atoms with Gasteiger partial charge in [0, 0.05) is 5.69 Å². The van der Waals surface area contributed by atoms with Crippen molar-refractivity contribution in [2.75, 3.05) is 10.7 Å². The lowest BCUT2D eigenvalue weighted by molar-refractivity contribution is -0.115. The van der Waals surface area contributed by atoms with E-state index in [4.69, 9.17) is 4.42 Å². The monoisotopic (exact) mass is 341 g/mol. The van der Waals surface area contributed by atoms with Gasteiger partial charge in [-0.3, -0.25) is 14.5 Å². The minimum Gasteiger partial charge on any atom is -0.464 e. The maximum Gasteiger partial charge on any atom is 0.238 e. The molecule has 1 unspecified atom stereocenters. The first-order valence-corrected chi connectivity index (χ1v) is 8.40. The van der Waals surface area contributed by atoms with Crippen LogP contribution in [0.15, 0.2) is 64.0 Å². The lowest BCUT2D eigenvalue weighted by Crippen LogP contribution is -2.30. The minimum atomic E-state index is -0.483. The lowest BCUT2D eigenvalue weighted by atomic mass is 10.1. The van der Waals surface area contributed by atoms with Crippen LogP contribution in [0.5, 0.6) is 0 Å². The summed E-state index contributed by atoms with van der Waals surface area (Å²) in [5.74, 6) is -0.238. The molecule has 1 aliphatic heterocycles. The van der Waals surface area contributed by atoms with Gasteiger partial charge in [-0.1, -0.05) is 12.1 Å². The summed E-state index contributed by atoms with van der Waals surface area (Å²) in [7, 11) is 0. The van der Waals surface area contributed by atoms with E-state index < -0.39 is 5.37 Å². The number of benzene rings is 2. The normalized spacial score (nSPS) is 17.6. The van der Waals surface area contributed by atoms with Gasteiger partial charge in [-0.15, -0.1) is 11.8 Å². The molecule has 1 aromatic heterocycles. The van der Waals surface area contributed by atoms with Crippen LogP contribution in [-0.2, 0) is 4.79 Å². The fourth-order valence-electron chi connectivity index (χ4n) is 2.80. The molecule has 24 heavy (non-hydrogen) atoms. The van der Waals surface area contributed by atoms with Crippen LogP contribution in [0.2, 0.25) is 0 Å². The molecule has 4 rings (SSSR count). The van der Waals surface area contributed by atoms with E-state index in [0.717, 1.165) is 0 Å². The second-order valence-electron chi connectivity index (χ2n) is 5.42. The van der Waals surface area contributed by atoms with Gasteiger partial charge in [0.15, 0.2) is 5.43 Å². The highest BCUT2D eigenvalue weighted by atomic mass is 32.2. The minimum absolute atomic E-state index is 0.121. The van der Waals surface area contributed by atoms with Crippen LogP contribution in [0.1, 0.15) is 10.9 Å². The zero-order valence-electron chi connectivity index (χ0n) is 12.4. The van der Waals surface area contributed by atoms with E-state index in [1.807, 2.05) is 0 Å². The van der Waals surface area contributed by atoms with Gasteiger partial charge in [0.2, 0.25) is 5.91 Å². The van der Waals surface area contributed by atoms with Crippen molar-refractivity contribution in [2.45, 2.75) is 5.37 Å². The molecular formula is C18H12FNO3S. The van der Waals surface area contributed by atoms with E-state index >= 15 is 0 Å². The predicted molar refractivity (Wildman–Crippen MR) is 91.6 cm³/mol. The second-order valence-corrected chi connectivity index (χ2v) is 6.49. The summed E-state index contributed by atoms with van der Waals surface area (Å²) in [5.41, 5.74) is 1.32. The Labute approximate surface area is 140 Å². The molecule has 0 bridgehead atoms. The zero-order chi connectivity index (χ0) is 16.7. The summed E-state index contributed by atoms with van der Waals surface area (Å²) in [5, 5.41) is -0.00202. The molecule has 1 aliphatic rings. The van der Waals surface area contributed by atoms with Crippen molar-refractivity contribution in [3.8, 4) is 0 Å². The van der Waals surface area contributed by atoms with Gasteiger partial charge in [0.05, 0.1) is 16.7 Å². The Morgan fingerprint density at radius 3 is 2.62 bits per heavy atom. The molecule has 1 saturated heterocycles. The predicted octanol–water partition coefficient (Wildman–Crippen LogP) is 3.71. The van der Waals surface area contributed by atoms with Gasteiger partial charge < -0.3 is 4.42 Å². The van der Waals surface area contributed by atoms with Crippen molar-refractivity contribution in [2.24, 2.45) is 0 Å².